The summed E-state index contributed by atoms with van der Waals surface area (Å²) in [5, 5.41) is 3.21. The highest BCUT2D eigenvalue weighted by Crippen LogP contribution is 2.12. The normalized spacial score (nSPS) is 9.83. The van der Waals surface area contributed by atoms with Gasteiger partial charge in [-0.15, -0.1) is 0 Å². The molecule has 1 aromatic heterocycles. The summed E-state index contributed by atoms with van der Waals surface area (Å²) in [4.78, 5) is 15.6. The Morgan fingerprint density at radius 2 is 2.11 bits per heavy atom. The third-order valence-electron chi connectivity index (χ3n) is 2.57. The molecule has 0 aliphatic carbocycles. The van der Waals surface area contributed by atoms with E-state index in [1.54, 1.807) is 18.5 Å². The monoisotopic (exact) mass is 242 g/mol. The van der Waals surface area contributed by atoms with E-state index in [1.807, 2.05) is 30.3 Å². The zero-order valence-electron chi connectivity index (χ0n) is 10.1. The summed E-state index contributed by atoms with van der Waals surface area (Å²) in [6.45, 7) is 0.553. The largest absolute Gasteiger partial charge is 0.465 e. The molecule has 4 nitrogen and oxygen atoms in total. The average Bonchev–Trinajstić information content (AvgIpc) is 2.45. The predicted molar refractivity (Wildman–Crippen MR) is 69.3 cm³/mol. The molecule has 1 N–H and O–H groups in total. The molecule has 0 bridgehead atoms. The lowest BCUT2D eigenvalue weighted by molar-refractivity contribution is 0.0599. The molecule has 0 saturated heterocycles. The summed E-state index contributed by atoms with van der Waals surface area (Å²) < 4.78 is 4.75. The van der Waals surface area contributed by atoms with Gasteiger partial charge >= 0.3 is 5.97 Å². The van der Waals surface area contributed by atoms with Crippen molar-refractivity contribution in [1.82, 2.24) is 4.98 Å². The van der Waals surface area contributed by atoms with Crippen LogP contribution in [0.25, 0.3) is 0 Å². The quantitative estimate of drug-likeness (QED) is 0.837. The predicted octanol–water partition coefficient (Wildman–Crippen LogP) is 2.48. The Labute approximate surface area is 106 Å². The van der Waals surface area contributed by atoms with E-state index in [4.69, 9.17) is 4.74 Å². The first-order valence-corrected chi connectivity index (χ1v) is 5.61. The molecule has 0 fully saturated rings. The van der Waals surface area contributed by atoms with Gasteiger partial charge in [0.15, 0.2) is 0 Å². The summed E-state index contributed by atoms with van der Waals surface area (Å²) in [5.74, 6) is -0.321. The number of aromatic nitrogens is 1. The molecule has 18 heavy (non-hydrogen) atoms. The van der Waals surface area contributed by atoms with Crippen LogP contribution in [0.2, 0.25) is 0 Å². The Morgan fingerprint density at radius 3 is 2.83 bits per heavy atom. The van der Waals surface area contributed by atoms with Gasteiger partial charge in [-0.2, -0.15) is 0 Å². The molecule has 0 spiro atoms. The number of carbonyl (C=O) groups is 1. The van der Waals surface area contributed by atoms with E-state index < -0.39 is 0 Å². The van der Waals surface area contributed by atoms with Crippen molar-refractivity contribution in [3.63, 3.8) is 0 Å². The molecule has 2 rings (SSSR count). The van der Waals surface area contributed by atoms with Gasteiger partial charge in [-0.25, -0.2) is 4.79 Å². The number of esters is 1. The zero-order valence-corrected chi connectivity index (χ0v) is 10.1. The number of hydrogen-bond acceptors (Lipinski definition) is 4. The molecule has 4 heteroatoms. The topological polar surface area (TPSA) is 51.2 Å². The van der Waals surface area contributed by atoms with E-state index in [1.165, 1.54) is 7.11 Å². The van der Waals surface area contributed by atoms with Crippen LogP contribution in [0.3, 0.4) is 0 Å². The number of anilines is 1. The first kappa shape index (κ1) is 12.1. The second-order valence-corrected chi connectivity index (χ2v) is 3.74. The van der Waals surface area contributed by atoms with Crippen LogP contribution >= 0.6 is 0 Å². The highest BCUT2D eigenvalue weighted by atomic mass is 16.5. The molecule has 0 radical (unpaired) electrons. The maximum absolute atomic E-state index is 11.6. The van der Waals surface area contributed by atoms with Gasteiger partial charge in [0.1, 0.15) is 0 Å². The molecule has 1 heterocycles. The first-order valence-electron chi connectivity index (χ1n) is 5.61. The molecule has 0 aliphatic heterocycles. The Kier molecular flexibility index (Phi) is 3.91. The first-order chi connectivity index (χ1) is 8.81. The van der Waals surface area contributed by atoms with Crippen LogP contribution in [0.1, 0.15) is 15.9 Å². The van der Waals surface area contributed by atoms with Crippen LogP contribution in [0.4, 0.5) is 5.69 Å². The Balaban J connectivity index is 2.12. The third-order valence-corrected chi connectivity index (χ3v) is 2.57. The summed E-state index contributed by atoms with van der Waals surface area (Å²) in [6, 6.07) is 11.1. The summed E-state index contributed by atoms with van der Waals surface area (Å²) in [5.41, 5.74) is 2.39. The summed E-state index contributed by atoms with van der Waals surface area (Å²) in [6.07, 6.45) is 3.45. The standard InChI is InChI=1S/C14H14N2O2/c1-18-14(17)13-7-3-2-5-11(13)9-16-12-6-4-8-15-10-12/h2-8,10,16H,9H2,1H3. The lowest BCUT2D eigenvalue weighted by Crippen LogP contribution is -2.09. The highest BCUT2D eigenvalue weighted by molar-refractivity contribution is 5.91. The van der Waals surface area contributed by atoms with Gasteiger partial charge in [0.25, 0.3) is 0 Å². The van der Waals surface area contributed by atoms with Crippen molar-refractivity contribution >= 4 is 11.7 Å². The van der Waals surface area contributed by atoms with Crippen LogP contribution in [0, 0.1) is 0 Å². The average molecular weight is 242 g/mol. The Bertz CT molecular complexity index is 526. The molecule has 92 valence electrons. The smallest absolute Gasteiger partial charge is 0.338 e. The van der Waals surface area contributed by atoms with E-state index in [0.717, 1.165) is 11.3 Å². The van der Waals surface area contributed by atoms with Crippen molar-refractivity contribution in [3.05, 3.63) is 59.9 Å². The maximum Gasteiger partial charge on any atom is 0.338 e. The number of rotatable bonds is 4. The van der Waals surface area contributed by atoms with E-state index in [2.05, 4.69) is 10.3 Å². The van der Waals surface area contributed by atoms with Crippen LogP contribution in [0.5, 0.6) is 0 Å². The highest BCUT2D eigenvalue weighted by Gasteiger charge is 2.10. The van der Waals surface area contributed by atoms with E-state index in [9.17, 15) is 4.79 Å². The fourth-order valence-electron chi connectivity index (χ4n) is 1.65. The number of nitrogens with one attached hydrogen (secondary N) is 1. The minimum absolute atomic E-state index is 0.321. The number of carbonyl (C=O) groups excluding carboxylic acids is 1. The Morgan fingerprint density at radius 1 is 1.28 bits per heavy atom. The molecule has 0 unspecified atom stereocenters. The van der Waals surface area contributed by atoms with Gasteiger partial charge in [-0.3, -0.25) is 4.98 Å². The molecule has 2 aromatic rings. The minimum Gasteiger partial charge on any atom is -0.465 e. The van der Waals surface area contributed by atoms with Gasteiger partial charge in [0.2, 0.25) is 0 Å². The molecule has 0 amide bonds. The number of pyridine rings is 1. The van der Waals surface area contributed by atoms with Crippen LogP contribution < -0.4 is 5.32 Å². The molecule has 0 saturated carbocycles. The minimum atomic E-state index is -0.321. The number of benzene rings is 1. The maximum atomic E-state index is 11.6. The van der Waals surface area contributed by atoms with Crippen LogP contribution in [-0.4, -0.2) is 18.1 Å². The van der Waals surface area contributed by atoms with Gasteiger partial charge in [0, 0.05) is 18.9 Å². The van der Waals surface area contributed by atoms with Crippen molar-refractivity contribution in [3.8, 4) is 0 Å². The van der Waals surface area contributed by atoms with Crippen LogP contribution in [0.15, 0.2) is 48.8 Å². The van der Waals surface area contributed by atoms with E-state index in [-0.39, 0.29) is 5.97 Å². The van der Waals surface area contributed by atoms with Crippen molar-refractivity contribution in [2.24, 2.45) is 0 Å². The lowest BCUT2D eigenvalue weighted by Gasteiger charge is -2.09. The fourth-order valence-corrected chi connectivity index (χ4v) is 1.65. The SMILES string of the molecule is COC(=O)c1ccccc1CNc1cccnc1. The van der Waals surface area contributed by atoms with Crippen LogP contribution in [-0.2, 0) is 11.3 Å². The van der Waals surface area contributed by atoms with Gasteiger partial charge < -0.3 is 10.1 Å². The van der Waals surface area contributed by atoms with Crippen molar-refractivity contribution in [2.45, 2.75) is 6.54 Å². The second-order valence-electron chi connectivity index (χ2n) is 3.74. The summed E-state index contributed by atoms with van der Waals surface area (Å²) in [7, 11) is 1.38. The van der Waals surface area contributed by atoms with E-state index in [0.29, 0.717) is 12.1 Å². The van der Waals surface area contributed by atoms with Crippen molar-refractivity contribution in [2.75, 3.05) is 12.4 Å². The van der Waals surface area contributed by atoms with Crippen molar-refractivity contribution in [1.29, 1.82) is 0 Å². The second kappa shape index (κ2) is 5.82. The summed E-state index contributed by atoms with van der Waals surface area (Å²) >= 11 is 0. The van der Waals surface area contributed by atoms with E-state index >= 15 is 0 Å². The number of nitrogens with zero attached hydrogens (tertiary/aromatic N) is 1. The van der Waals surface area contributed by atoms with Crippen molar-refractivity contribution < 1.29 is 9.53 Å². The number of methoxy groups -OCH3 is 1. The molecule has 1 aromatic carbocycles. The number of hydrogen-bond donors (Lipinski definition) is 1. The van der Waals surface area contributed by atoms with Gasteiger partial charge in [0.05, 0.1) is 18.4 Å². The molecular weight excluding hydrogens is 228 g/mol. The molecule has 0 atom stereocenters. The zero-order chi connectivity index (χ0) is 12.8. The van der Waals surface area contributed by atoms with Gasteiger partial charge in [-0.05, 0) is 23.8 Å². The third kappa shape index (κ3) is 2.85. The number of ether oxygens (including phenoxy) is 1. The Hall–Kier alpha value is -2.36. The molecular formula is C14H14N2O2. The lowest BCUT2D eigenvalue weighted by atomic mass is 10.1. The van der Waals surface area contributed by atoms with Gasteiger partial charge in [-0.1, -0.05) is 18.2 Å². The molecule has 0 aliphatic rings. The fraction of sp³-hybridized carbons (Fsp3) is 0.143.